The highest BCUT2D eigenvalue weighted by Crippen LogP contribution is 2.33. The molecular formula is C28H31N3O2. The molecule has 2 atom stereocenters. The Balaban J connectivity index is 1.43. The highest BCUT2D eigenvalue weighted by Gasteiger charge is 2.35. The number of carbonyl (C=O) groups excluding carboxylic acids is 2. The molecule has 33 heavy (non-hydrogen) atoms. The topological polar surface area (TPSA) is 61.4 Å². The largest absolute Gasteiger partial charge is 0.352 e. The Labute approximate surface area is 195 Å². The van der Waals surface area contributed by atoms with E-state index >= 15 is 0 Å². The number of hydrogen-bond donors (Lipinski definition) is 2. The smallest absolute Gasteiger partial charge is 0.318 e. The van der Waals surface area contributed by atoms with Crippen LogP contribution < -0.4 is 10.6 Å². The van der Waals surface area contributed by atoms with Crippen LogP contribution in [0.4, 0.5) is 4.79 Å². The zero-order valence-corrected chi connectivity index (χ0v) is 19.0. The van der Waals surface area contributed by atoms with Gasteiger partial charge >= 0.3 is 6.03 Å². The van der Waals surface area contributed by atoms with Gasteiger partial charge in [-0.1, -0.05) is 90.5 Å². The van der Waals surface area contributed by atoms with E-state index in [1.54, 1.807) is 0 Å². The van der Waals surface area contributed by atoms with E-state index in [0.717, 1.165) is 29.5 Å². The van der Waals surface area contributed by atoms with Gasteiger partial charge in [0.15, 0.2) is 0 Å². The average molecular weight is 442 g/mol. The van der Waals surface area contributed by atoms with E-state index in [2.05, 4.69) is 28.8 Å². The van der Waals surface area contributed by atoms with Gasteiger partial charge in [0.25, 0.3) is 0 Å². The molecule has 1 fully saturated rings. The summed E-state index contributed by atoms with van der Waals surface area (Å²) in [5.41, 5.74) is 4.41. The van der Waals surface area contributed by atoms with Gasteiger partial charge in [-0.15, -0.1) is 0 Å². The summed E-state index contributed by atoms with van der Waals surface area (Å²) in [7, 11) is 0. The number of piperidine rings is 1. The highest BCUT2D eigenvalue weighted by atomic mass is 16.2. The molecule has 3 aromatic carbocycles. The van der Waals surface area contributed by atoms with E-state index in [0.29, 0.717) is 19.6 Å². The summed E-state index contributed by atoms with van der Waals surface area (Å²) >= 11 is 0. The van der Waals surface area contributed by atoms with Crippen molar-refractivity contribution in [3.63, 3.8) is 0 Å². The van der Waals surface area contributed by atoms with Gasteiger partial charge in [0, 0.05) is 19.6 Å². The molecule has 0 aromatic heterocycles. The van der Waals surface area contributed by atoms with Crippen molar-refractivity contribution < 1.29 is 9.59 Å². The van der Waals surface area contributed by atoms with Crippen LogP contribution in [-0.2, 0) is 17.9 Å². The van der Waals surface area contributed by atoms with Crippen LogP contribution >= 0.6 is 0 Å². The Hall–Kier alpha value is -3.60. The number of benzene rings is 3. The molecule has 1 heterocycles. The lowest BCUT2D eigenvalue weighted by atomic mass is 9.88. The van der Waals surface area contributed by atoms with Crippen LogP contribution in [0.1, 0.15) is 41.1 Å². The Morgan fingerprint density at radius 1 is 0.818 bits per heavy atom. The third-order valence-electron chi connectivity index (χ3n) is 6.23. The number of carbonyl (C=O) groups is 2. The van der Waals surface area contributed by atoms with Gasteiger partial charge in [-0.05, 0) is 36.5 Å². The first-order valence-corrected chi connectivity index (χ1v) is 11.6. The van der Waals surface area contributed by atoms with Crippen LogP contribution in [0, 0.1) is 12.8 Å². The fourth-order valence-corrected chi connectivity index (χ4v) is 4.46. The molecule has 0 spiro atoms. The number of likely N-dealkylation sites (tertiary alicyclic amines) is 1. The summed E-state index contributed by atoms with van der Waals surface area (Å²) in [5.74, 6) is -0.221. The molecular weight excluding hydrogens is 410 g/mol. The molecule has 1 aliphatic heterocycles. The second-order valence-corrected chi connectivity index (χ2v) is 8.70. The van der Waals surface area contributed by atoms with Gasteiger partial charge in [-0.25, -0.2) is 4.79 Å². The standard InChI is InChI=1S/C28H31N3O2/c1-21-9-8-12-23(17-21)19-29-27(32)25-15-16-26(24-13-6-3-7-14-24)31(20-25)28(33)30-18-22-10-4-2-5-11-22/h2-14,17,25-26H,15-16,18-20H2,1H3,(H,29,32)(H,30,33)/t25-,26-/m0/s1. The molecule has 2 N–H and O–H groups in total. The second kappa shape index (κ2) is 10.8. The normalized spacial score (nSPS) is 17.9. The average Bonchev–Trinajstić information content (AvgIpc) is 2.86. The third kappa shape index (κ3) is 6.01. The van der Waals surface area contributed by atoms with Gasteiger partial charge in [-0.3, -0.25) is 4.79 Å². The summed E-state index contributed by atoms with van der Waals surface area (Å²) in [5, 5.41) is 6.12. The molecule has 5 heteroatoms. The first-order chi connectivity index (χ1) is 16.1. The summed E-state index contributed by atoms with van der Waals surface area (Å²) in [6, 6.07) is 27.9. The molecule has 170 valence electrons. The Kier molecular flexibility index (Phi) is 7.40. The van der Waals surface area contributed by atoms with Gasteiger partial charge in [0.1, 0.15) is 0 Å². The van der Waals surface area contributed by atoms with E-state index in [4.69, 9.17) is 0 Å². The lowest BCUT2D eigenvalue weighted by molar-refractivity contribution is -0.126. The lowest BCUT2D eigenvalue weighted by Gasteiger charge is -2.39. The van der Waals surface area contributed by atoms with Gasteiger partial charge in [-0.2, -0.15) is 0 Å². The first kappa shape index (κ1) is 22.6. The number of nitrogens with one attached hydrogen (secondary N) is 2. The van der Waals surface area contributed by atoms with Gasteiger partial charge < -0.3 is 15.5 Å². The molecule has 0 radical (unpaired) electrons. The van der Waals surface area contributed by atoms with Crippen LogP contribution in [-0.4, -0.2) is 23.4 Å². The molecule has 3 aromatic rings. The van der Waals surface area contributed by atoms with Crippen molar-refractivity contribution in [1.29, 1.82) is 0 Å². The van der Waals surface area contributed by atoms with E-state index in [9.17, 15) is 9.59 Å². The van der Waals surface area contributed by atoms with Crippen LogP contribution in [0.3, 0.4) is 0 Å². The number of nitrogens with zero attached hydrogens (tertiary/aromatic N) is 1. The number of urea groups is 1. The molecule has 3 amide bonds. The summed E-state index contributed by atoms with van der Waals surface area (Å²) in [4.78, 5) is 28.0. The van der Waals surface area contributed by atoms with Crippen LogP contribution in [0.2, 0.25) is 0 Å². The first-order valence-electron chi connectivity index (χ1n) is 11.6. The number of amides is 3. The van der Waals surface area contributed by atoms with E-state index in [-0.39, 0.29) is 23.9 Å². The highest BCUT2D eigenvalue weighted by molar-refractivity contribution is 5.81. The Morgan fingerprint density at radius 3 is 2.21 bits per heavy atom. The second-order valence-electron chi connectivity index (χ2n) is 8.70. The van der Waals surface area contributed by atoms with Crippen LogP contribution in [0.5, 0.6) is 0 Å². The maximum absolute atomic E-state index is 13.2. The van der Waals surface area contributed by atoms with Crippen molar-refractivity contribution in [2.75, 3.05) is 6.54 Å². The summed E-state index contributed by atoms with van der Waals surface area (Å²) in [6.07, 6.45) is 1.51. The Bertz CT molecular complexity index is 1070. The molecule has 4 rings (SSSR count). The van der Waals surface area contributed by atoms with Crippen molar-refractivity contribution >= 4 is 11.9 Å². The fourth-order valence-electron chi connectivity index (χ4n) is 4.46. The van der Waals surface area contributed by atoms with Gasteiger partial charge in [0.2, 0.25) is 5.91 Å². The lowest BCUT2D eigenvalue weighted by Crippen LogP contribution is -2.50. The molecule has 0 unspecified atom stereocenters. The maximum atomic E-state index is 13.2. The van der Waals surface area contributed by atoms with Gasteiger partial charge in [0.05, 0.1) is 12.0 Å². The molecule has 1 aliphatic rings. The van der Waals surface area contributed by atoms with E-state index < -0.39 is 0 Å². The Morgan fingerprint density at radius 2 is 1.48 bits per heavy atom. The molecule has 0 bridgehead atoms. The van der Waals surface area contributed by atoms with Crippen molar-refractivity contribution in [1.82, 2.24) is 15.5 Å². The molecule has 1 saturated heterocycles. The quantitative estimate of drug-likeness (QED) is 0.567. The molecule has 0 saturated carbocycles. The molecule has 0 aliphatic carbocycles. The van der Waals surface area contributed by atoms with E-state index in [1.165, 1.54) is 5.56 Å². The molecule has 5 nitrogen and oxygen atoms in total. The third-order valence-corrected chi connectivity index (χ3v) is 6.23. The maximum Gasteiger partial charge on any atom is 0.318 e. The number of hydrogen-bond acceptors (Lipinski definition) is 2. The van der Waals surface area contributed by atoms with E-state index in [1.807, 2.05) is 78.6 Å². The SMILES string of the molecule is Cc1cccc(CNC(=O)[C@H]2CC[C@@H](c3ccccc3)N(C(=O)NCc3ccccc3)C2)c1. The van der Waals surface area contributed by atoms with Crippen molar-refractivity contribution in [2.45, 2.75) is 38.9 Å². The zero-order valence-electron chi connectivity index (χ0n) is 19.0. The minimum absolute atomic E-state index is 0.00359. The fraction of sp³-hybridized carbons (Fsp3) is 0.286. The van der Waals surface area contributed by atoms with Crippen LogP contribution in [0.25, 0.3) is 0 Å². The summed E-state index contributed by atoms with van der Waals surface area (Å²) < 4.78 is 0. The van der Waals surface area contributed by atoms with Crippen molar-refractivity contribution in [3.8, 4) is 0 Å². The minimum atomic E-state index is -0.225. The van der Waals surface area contributed by atoms with Crippen molar-refractivity contribution in [2.24, 2.45) is 5.92 Å². The predicted molar refractivity (Wildman–Crippen MR) is 130 cm³/mol. The van der Waals surface area contributed by atoms with Crippen LogP contribution in [0.15, 0.2) is 84.9 Å². The predicted octanol–water partition coefficient (Wildman–Crippen LogP) is 4.97. The minimum Gasteiger partial charge on any atom is -0.352 e. The zero-order chi connectivity index (χ0) is 23.0. The summed E-state index contributed by atoms with van der Waals surface area (Å²) in [6.45, 7) is 3.41. The van der Waals surface area contributed by atoms with Crippen molar-refractivity contribution in [3.05, 3.63) is 107 Å². The number of aryl methyl sites for hydroxylation is 1. The monoisotopic (exact) mass is 441 g/mol. The number of rotatable bonds is 6.